The molecule has 1 amide bonds. The number of benzene rings is 2. The highest BCUT2D eigenvalue weighted by molar-refractivity contribution is 7.89. The van der Waals surface area contributed by atoms with E-state index in [0.717, 1.165) is 28.1 Å². The molecule has 0 bridgehead atoms. The number of aromatic nitrogens is 1. The summed E-state index contributed by atoms with van der Waals surface area (Å²) in [5.41, 5.74) is 1.09. The van der Waals surface area contributed by atoms with Crippen molar-refractivity contribution in [3.8, 4) is 0 Å². The summed E-state index contributed by atoms with van der Waals surface area (Å²) in [5, 5.41) is 1.96. The Bertz CT molecular complexity index is 1220. The summed E-state index contributed by atoms with van der Waals surface area (Å²) in [6, 6.07) is 9.86. The van der Waals surface area contributed by atoms with Gasteiger partial charge in [-0.3, -0.25) is 4.79 Å². The quantitative estimate of drug-likeness (QED) is 0.590. The topological polar surface area (TPSA) is 79.4 Å². The van der Waals surface area contributed by atoms with Crippen molar-refractivity contribution in [1.29, 1.82) is 0 Å². The minimum Gasteiger partial charge on any atom is -0.339 e. The lowest BCUT2D eigenvalue weighted by atomic mass is 9.97. The van der Waals surface area contributed by atoms with Gasteiger partial charge in [0.25, 0.3) is 5.91 Å². The Morgan fingerprint density at radius 2 is 1.90 bits per heavy atom. The zero-order chi connectivity index (χ0) is 21.5. The van der Waals surface area contributed by atoms with Crippen LogP contribution in [0.3, 0.4) is 0 Å². The van der Waals surface area contributed by atoms with Crippen molar-refractivity contribution in [2.24, 2.45) is 0 Å². The molecule has 0 unspecified atom stereocenters. The van der Waals surface area contributed by atoms with E-state index in [1.807, 2.05) is 18.2 Å². The lowest BCUT2D eigenvalue weighted by Gasteiger charge is -2.31. The van der Waals surface area contributed by atoms with Crippen LogP contribution in [-0.4, -0.2) is 44.3 Å². The Morgan fingerprint density at radius 3 is 2.60 bits per heavy atom. The number of carbonyl (C=O) groups is 1. The van der Waals surface area contributed by atoms with Crippen molar-refractivity contribution in [2.45, 2.75) is 23.7 Å². The average molecular weight is 484 g/mol. The molecule has 158 valence electrons. The Hall–Kier alpha value is -1.71. The molecule has 30 heavy (non-hydrogen) atoms. The van der Waals surface area contributed by atoms with Crippen molar-refractivity contribution in [3.63, 3.8) is 0 Å². The second kappa shape index (κ2) is 8.43. The van der Waals surface area contributed by atoms with Crippen LogP contribution < -0.4 is 4.72 Å². The maximum absolute atomic E-state index is 13.0. The molecule has 3 aromatic rings. The van der Waals surface area contributed by atoms with Gasteiger partial charge < -0.3 is 4.90 Å². The zero-order valence-corrected chi connectivity index (χ0v) is 19.2. The molecule has 0 saturated carbocycles. The Balaban J connectivity index is 1.50. The Kier molecular flexibility index (Phi) is 6.05. The molecule has 1 aliphatic heterocycles. The molecular formula is C20H19Cl2N3O3S2. The van der Waals surface area contributed by atoms with Crippen LogP contribution in [0.4, 0.5) is 0 Å². The van der Waals surface area contributed by atoms with E-state index in [1.165, 1.54) is 25.2 Å². The van der Waals surface area contributed by atoms with Gasteiger partial charge in [-0.1, -0.05) is 23.2 Å². The molecule has 4 rings (SSSR count). The summed E-state index contributed by atoms with van der Waals surface area (Å²) in [4.78, 5) is 19.5. The number of likely N-dealkylation sites (tertiary alicyclic amines) is 1. The second-order valence-corrected chi connectivity index (χ2v) is 10.9. The molecule has 1 aromatic heterocycles. The maximum Gasteiger partial charge on any atom is 0.255 e. The van der Waals surface area contributed by atoms with Crippen molar-refractivity contribution in [2.75, 3.05) is 20.1 Å². The normalized spacial score (nSPS) is 15.6. The highest BCUT2D eigenvalue weighted by Gasteiger charge is 2.28. The van der Waals surface area contributed by atoms with Gasteiger partial charge in [0.05, 0.1) is 30.7 Å². The second-order valence-electron chi connectivity index (χ2n) is 7.08. The number of nitrogens with one attached hydrogen (secondary N) is 1. The van der Waals surface area contributed by atoms with Crippen LogP contribution in [-0.2, 0) is 10.0 Å². The van der Waals surface area contributed by atoms with Gasteiger partial charge in [-0.15, -0.1) is 11.3 Å². The first-order valence-corrected chi connectivity index (χ1v) is 12.4. The zero-order valence-electron chi connectivity index (χ0n) is 16.1. The molecule has 2 heterocycles. The fourth-order valence-electron chi connectivity index (χ4n) is 3.55. The summed E-state index contributed by atoms with van der Waals surface area (Å²) in [5.74, 6) is 0.0133. The number of hydrogen-bond acceptors (Lipinski definition) is 5. The lowest BCUT2D eigenvalue weighted by molar-refractivity contribution is 0.0713. The van der Waals surface area contributed by atoms with Crippen LogP contribution in [0, 0.1) is 0 Å². The number of piperidine rings is 1. The number of rotatable bonds is 4. The minimum absolute atomic E-state index is 0.0146. The highest BCUT2D eigenvalue weighted by Crippen LogP contribution is 2.35. The molecule has 0 spiro atoms. The summed E-state index contributed by atoms with van der Waals surface area (Å²) in [6.45, 7) is 1.11. The molecule has 0 radical (unpaired) electrons. The van der Waals surface area contributed by atoms with E-state index in [2.05, 4.69) is 4.72 Å². The highest BCUT2D eigenvalue weighted by atomic mass is 35.5. The van der Waals surface area contributed by atoms with Crippen molar-refractivity contribution >= 4 is 60.7 Å². The molecule has 0 aliphatic carbocycles. The van der Waals surface area contributed by atoms with Gasteiger partial charge in [0, 0.05) is 24.0 Å². The smallest absolute Gasteiger partial charge is 0.255 e. The Labute approximate surface area is 188 Å². The molecule has 1 saturated heterocycles. The Morgan fingerprint density at radius 1 is 1.17 bits per heavy atom. The first-order valence-electron chi connectivity index (χ1n) is 9.37. The number of nitrogens with zero attached hydrogens (tertiary/aromatic N) is 2. The number of sulfonamides is 1. The summed E-state index contributed by atoms with van der Waals surface area (Å²) < 4.78 is 27.5. The number of thiazole rings is 1. The van der Waals surface area contributed by atoms with E-state index in [9.17, 15) is 13.2 Å². The largest absolute Gasteiger partial charge is 0.339 e. The van der Waals surface area contributed by atoms with Crippen LogP contribution >= 0.6 is 34.5 Å². The van der Waals surface area contributed by atoms with Gasteiger partial charge in [-0.2, -0.15) is 0 Å². The minimum atomic E-state index is -3.66. The van der Waals surface area contributed by atoms with E-state index in [1.54, 1.807) is 16.2 Å². The summed E-state index contributed by atoms with van der Waals surface area (Å²) in [6.07, 6.45) is 1.57. The van der Waals surface area contributed by atoms with Gasteiger partial charge in [0.2, 0.25) is 10.0 Å². The number of hydrogen-bond donors (Lipinski definition) is 1. The fourth-order valence-corrected chi connectivity index (χ4v) is 5.78. The molecule has 2 aromatic carbocycles. The molecule has 10 heteroatoms. The average Bonchev–Trinajstić information content (AvgIpc) is 3.16. The first kappa shape index (κ1) is 21.5. The van der Waals surface area contributed by atoms with E-state index in [-0.39, 0.29) is 27.3 Å². The molecular weight excluding hydrogens is 465 g/mol. The van der Waals surface area contributed by atoms with Gasteiger partial charge in [-0.05, 0) is 56.3 Å². The molecule has 0 atom stereocenters. The van der Waals surface area contributed by atoms with Crippen LogP contribution in [0.25, 0.3) is 10.2 Å². The van der Waals surface area contributed by atoms with Crippen LogP contribution in [0.2, 0.25) is 10.0 Å². The monoisotopic (exact) mass is 483 g/mol. The van der Waals surface area contributed by atoms with Crippen LogP contribution in [0.15, 0.2) is 41.3 Å². The third kappa shape index (κ3) is 4.20. The van der Waals surface area contributed by atoms with Gasteiger partial charge in [-0.25, -0.2) is 18.1 Å². The maximum atomic E-state index is 13.0. The van der Waals surface area contributed by atoms with Gasteiger partial charge in [0.1, 0.15) is 0 Å². The summed E-state index contributed by atoms with van der Waals surface area (Å²) in [7, 11) is -2.33. The van der Waals surface area contributed by atoms with Crippen LogP contribution in [0.5, 0.6) is 0 Å². The fraction of sp³-hybridized carbons (Fsp3) is 0.300. The predicted octanol–water partition coefficient (Wildman–Crippen LogP) is 4.53. The molecule has 1 aliphatic rings. The third-order valence-corrected chi connectivity index (χ3v) is 8.42. The lowest BCUT2D eigenvalue weighted by Crippen LogP contribution is -2.38. The SMILES string of the molecule is CNS(=O)(=O)c1ccc(Cl)c(C(=O)N2CCC(c3nc4cc(Cl)ccc4s3)CC2)c1. The van der Waals surface area contributed by atoms with E-state index in [4.69, 9.17) is 28.2 Å². The van der Waals surface area contributed by atoms with Gasteiger partial charge >= 0.3 is 0 Å². The number of amides is 1. The van der Waals surface area contributed by atoms with E-state index >= 15 is 0 Å². The molecule has 1 fully saturated rings. The third-order valence-electron chi connectivity index (χ3n) is 5.24. The first-order chi connectivity index (χ1) is 14.3. The van der Waals surface area contributed by atoms with E-state index < -0.39 is 10.0 Å². The number of carbonyl (C=O) groups excluding carboxylic acids is 1. The van der Waals surface area contributed by atoms with Crippen molar-refractivity contribution < 1.29 is 13.2 Å². The number of halogens is 2. The van der Waals surface area contributed by atoms with Crippen LogP contribution in [0.1, 0.15) is 34.1 Å². The van der Waals surface area contributed by atoms with E-state index in [0.29, 0.717) is 18.1 Å². The molecule has 1 N–H and O–H groups in total. The van der Waals surface area contributed by atoms with Crippen molar-refractivity contribution in [1.82, 2.24) is 14.6 Å². The summed E-state index contributed by atoms with van der Waals surface area (Å²) >= 11 is 13.9. The van der Waals surface area contributed by atoms with Crippen molar-refractivity contribution in [3.05, 3.63) is 57.0 Å². The van der Waals surface area contributed by atoms with Gasteiger partial charge in [0.15, 0.2) is 0 Å². The predicted molar refractivity (Wildman–Crippen MR) is 120 cm³/mol. The number of fused-ring (bicyclic) bond motifs is 1. The molecule has 6 nitrogen and oxygen atoms in total. The standard InChI is InChI=1S/C20H19Cl2N3O3S2/c1-23-30(27,28)14-3-4-16(22)15(11-14)20(26)25-8-6-12(7-9-25)19-24-17-10-13(21)2-5-18(17)29-19/h2-5,10-12,23H,6-9H2,1H3.